The summed E-state index contributed by atoms with van der Waals surface area (Å²) in [5, 5.41) is 7.82. The predicted molar refractivity (Wildman–Crippen MR) is 105 cm³/mol. The van der Waals surface area contributed by atoms with Crippen LogP contribution in [0.3, 0.4) is 0 Å². The van der Waals surface area contributed by atoms with E-state index < -0.39 is 0 Å². The molecule has 0 aliphatic carbocycles. The van der Waals surface area contributed by atoms with Gasteiger partial charge in [0.05, 0.1) is 17.0 Å². The lowest BCUT2D eigenvalue weighted by Crippen LogP contribution is -2.30. The third-order valence-corrected chi connectivity index (χ3v) is 4.84. The number of amides is 1. The molecule has 0 atom stereocenters. The molecule has 1 amide bonds. The number of carbonyl (C=O) groups is 1. The summed E-state index contributed by atoms with van der Waals surface area (Å²) < 4.78 is 5.45. The normalized spacial score (nSPS) is 10.9. The second-order valence-corrected chi connectivity index (χ2v) is 6.95. The van der Waals surface area contributed by atoms with Crippen LogP contribution >= 0.6 is 11.8 Å². The first-order valence-corrected chi connectivity index (χ1v) is 9.45. The summed E-state index contributed by atoms with van der Waals surface area (Å²) in [4.78, 5) is 20.7. The van der Waals surface area contributed by atoms with E-state index in [0.29, 0.717) is 18.3 Å². The number of hydrogen-bond donors (Lipinski definition) is 2. The SMILES string of the molecule is Cc1nc(SCC(=O)NCCNc2cc(C)c3ccccc3n2)oc1C. The number of aromatic nitrogens is 2. The van der Waals surface area contributed by atoms with Gasteiger partial charge in [-0.15, -0.1) is 0 Å². The van der Waals surface area contributed by atoms with Gasteiger partial charge in [-0.25, -0.2) is 9.97 Å². The molecule has 3 rings (SSSR count). The van der Waals surface area contributed by atoms with Crippen LogP contribution < -0.4 is 10.6 Å². The van der Waals surface area contributed by atoms with Crippen LogP contribution in [0.2, 0.25) is 0 Å². The molecule has 2 aromatic heterocycles. The molecule has 0 spiro atoms. The fourth-order valence-electron chi connectivity index (χ4n) is 2.52. The van der Waals surface area contributed by atoms with Gasteiger partial charge in [-0.1, -0.05) is 30.0 Å². The molecule has 7 heteroatoms. The summed E-state index contributed by atoms with van der Waals surface area (Å²) in [6, 6.07) is 10.1. The van der Waals surface area contributed by atoms with Gasteiger partial charge in [-0.3, -0.25) is 4.79 Å². The maximum atomic E-state index is 11.9. The van der Waals surface area contributed by atoms with Crippen LogP contribution in [0, 0.1) is 20.8 Å². The highest BCUT2D eigenvalue weighted by Gasteiger charge is 2.09. The van der Waals surface area contributed by atoms with E-state index in [4.69, 9.17) is 4.42 Å². The number of hydrogen-bond acceptors (Lipinski definition) is 6. The average molecular weight is 370 g/mol. The molecule has 3 aromatic rings. The molecule has 0 radical (unpaired) electrons. The number of anilines is 1. The van der Waals surface area contributed by atoms with Gasteiger partial charge in [-0.05, 0) is 38.5 Å². The Morgan fingerprint density at radius 2 is 1.96 bits per heavy atom. The number of nitrogens with one attached hydrogen (secondary N) is 2. The number of aryl methyl sites for hydroxylation is 3. The standard InChI is InChI=1S/C19H22N4O2S/c1-12-10-17(23-16-7-5-4-6-15(12)16)20-8-9-21-18(24)11-26-19-22-13(2)14(3)25-19/h4-7,10H,8-9,11H2,1-3H3,(H,20,23)(H,21,24). The van der Waals surface area contributed by atoms with Crippen molar-refractivity contribution in [2.45, 2.75) is 26.0 Å². The van der Waals surface area contributed by atoms with Crippen LogP contribution in [-0.2, 0) is 4.79 Å². The Balaban J connectivity index is 1.43. The van der Waals surface area contributed by atoms with Crippen molar-refractivity contribution >= 4 is 34.4 Å². The van der Waals surface area contributed by atoms with E-state index in [2.05, 4.69) is 33.6 Å². The minimum Gasteiger partial charge on any atom is -0.437 e. The summed E-state index contributed by atoms with van der Waals surface area (Å²) in [5.74, 6) is 1.84. The van der Waals surface area contributed by atoms with E-state index >= 15 is 0 Å². The zero-order chi connectivity index (χ0) is 18.5. The molecule has 0 aliphatic rings. The van der Waals surface area contributed by atoms with Crippen LogP contribution in [0.4, 0.5) is 5.82 Å². The fraction of sp³-hybridized carbons (Fsp3) is 0.316. The molecular formula is C19H22N4O2S. The summed E-state index contributed by atoms with van der Waals surface area (Å²) in [5.41, 5.74) is 3.00. The molecule has 0 aliphatic heterocycles. The maximum absolute atomic E-state index is 11.9. The van der Waals surface area contributed by atoms with Crippen molar-refractivity contribution in [3.8, 4) is 0 Å². The Labute approximate surface area is 156 Å². The number of oxazole rings is 1. The van der Waals surface area contributed by atoms with Gasteiger partial charge in [0.25, 0.3) is 5.22 Å². The molecule has 1 aromatic carbocycles. The Hall–Kier alpha value is -2.54. The fourth-order valence-corrected chi connectivity index (χ4v) is 3.26. The van der Waals surface area contributed by atoms with Gasteiger partial charge in [0, 0.05) is 18.5 Å². The number of pyridine rings is 1. The second-order valence-electron chi connectivity index (χ2n) is 6.03. The molecule has 0 saturated carbocycles. The van der Waals surface area contributed by atoms with Gasteiger partial charge in [0.2, 0.25) is 5.91 Å². The molecule has 2 N–H and O–H groups in total. The zero-order valence-electron chi connectivity index (χ0n) is 15.1. The van der Waals surface area contributed by atoms with Crippen molar-refractivity contribution in [3.05, 3.63) is 47.3 Å². The van der Waals surface area contributed by atoms with Crippen LogP contribution in [0.1, 0.15) is 17.0 Å². The molecule has 0 fully saturated rings. The van der Waals surface area contributed by atoms with Crippen molar-refractivity contribution in [3.63, 3.8) is 0 Å². The Bertz CT molecular complexity index is 904. The lowest BCUT2D eigenvalue weighted by Gasteiger charge is -2.09. The number of carbonyl (C=O) groups excluding carboxylic acids is 1. The van der Waals surface area contributed by atoms with E-state index in [-0.39, 0.29) is 11.7 Å². The van der Waals surface area contributed by atoms with E-state index in [0.717, 1.165) is 28.2 Å². The monoisotopic (exact) mass is 370 g/mol. The third-order valence-electron chi connectivity index (χ3n) is 4.01. The quantitative estimate of drug-likeness (QED) is 0.490. The molecule has 0 bridgehead atoms. The summed E-state index contributed by atoms with van der Waals surface area (Å²) in [7, 11) is 0. The Kier molecular flexibility index (Phi) is 5.78. The number of thioether (sulfide) groups is 1. The van der Waals surface area contributed by atoms with Crippen molar-refractivity contribution in [1.82, 2.24) is 15.3 Å². The molecule has 0 saturated heterocycles. The minimum absolute atomic E-state index is 0.0482. The summed E-state index contributed by atoms with van der Waals surface area (Å²) >= 11 is 1.30. The largest absolute Gasteiger partial charge is 0.437 e. The highest BCUT2D eigenvalue weighted by Crippen LogP contribution is 2.20. The van der Waals surface area contributed by atoms with Gasteiger partial charge in [-0.2, -0.15) is 0 Å². The zero-order valence-corrected chi connectivity index (χ0v) is 15.9. The van der Waals surface area contributed by atoms with Gasteiger partial charge < -0.3 is 15.1 Å². The first kappa shape index (κ1) is 18.3. The van der Waals surface area contributed by atoms with E-state index in [9.17, 15) is 4.79 Å². The number of benzene rings is 1. The van der Waals surface area contributed by atoms with Crippen molar-refractivity contribution in [2.75, 3.05) is 24.2 Å². The summed E-state index contributed by atoms with van der Waals surface area (Å²) in [6.45, 7) is 6.95. The number of fused-ring (bicyclic) bond motifs is 1. The van der Waals surface area contributed by atoms with Crippen molar-refractivity contribution in [1.29, 1.82) is 0 Å². The molecule has 2 heterocycles. The smallest absolute Gasteiger partial charge is 0.256 e. The topological polar surface area (TPSA) is 80.0 Å². The molecule has 136 valence electrons. The Morgan fingerprint density at radius 1 is 1.15 bits per heavy atom. The van der Waals surface area contributed by atoms with Crippen LogP contribution in [0.25, 0.3) is 10.9 Å². The third kappa shape index (κ3) is 4.54. The molecular weight excluding hydrogens is 348 g/mol. The number of para-hydroxylation sites is 1. The maximum Gasteiger partial charge on any atom is 0.256 e. The number of nitrogens with zero attached hydrogens (tertiary/aromatic N) is 2. The van der Waals surface area contributed by atoms with Crippen molar-refractivity contribution < 1.29 is 9.21 Å². The second kappa shape index (κ2) is 8.23. The van der Waals surface area contributed by atoms with Crippen molar-refractivity contribution in [2.24, 2.45) is 0 Å². The first-order valence-electron chi connectivity index (χ1n) is 8.46. The lowest BCUT2D eigenvalue weighted by molar-refractivity contribution is -0.118. The van der Waals surface area contributed by atoms with Gasteiger partial charge in [0.15, 0.2) is 0 Å². The molecule has 26 heavy (non-hydrogen) atoms. The van der Waals surface area contributed by atoms with Crippen LogP contribution in [0.5, 0.6) is 0 Å². The minimum atomic E-state index is -0.0482. The van der Waals surface area contributed by atoms with Crippen LogP contribution in [0.15, 0.2) is 40.0 Å². The highest BCUT2D eigenvalue weighted by atomic mass is 32.2. The van der Waals surface area contributed by atoms with E-state index in [1.54, 1.807) is 0 Å². The predicted octanol–water partition coefficient (Wildman–Crippen LogP) is 3.47. The van der Waals surface area contributed by atoms with Gasteiger partial charge in [0.1, 0.15) is 11.6 Å². The van der Waals surface area contributed by atoms with Gasteiger partial charge >= 0.3 is 0 Å². The molecule has 0 unspecified atom stereocenters. The van der Waals surface area contributed by atoms with E-state index in [1.807, 2.05) is 38.1 Å². The highest BCUT2D eigenvalue weighted by molar-refractivity contribution is 7.99. The number of rotatable bonds is 7. The first-order chi connectivity index (χ1) is 12.5. The van der Waals surface area contributed by atoms with Crippen LogP contribution in [-0.4, -0.2) is 34.7 Å². The average Bonchev–Trinajstić information content (AvgIpc) is 2.95. The Morgan fingerprint density at radius 3 is 2.73 bits per heavy atom. The lowest BCUT2D eigenvalue weighted by atomic mass is 10.1. The van der Waals surface area contributed by atoms with E-state index in [1.165, 1.54) is 17.3 Å². The molecule has 6 nitrogen and oxygen atoms in total. The summed E-state index contributed by atoms with van der Waals surface area (Å²) in [6.07, 6.45) is 0.